The zero-order chi connectivity index (χ0) is 21.9. The molecule has 0 aliphatic rings. The summed E-state index contributed by atoms with van der Waals surface area (Å²) >= 11 is 5.24. The van der Waals surface area contributed by atoms with Crippen LogP contribution in [0.3, 0.4) is 0 Å². The minimum atomic E-state index is -0.377. The van der Waals surface area contributed by atoms with Gasteiger partial charge >= 0.3 is 0 Å². The van der Waals surface area contributed by atoms with Crippen LogP contribution in [0, 0.1) is 5.92 Å². The van der Waals surface area contributed by atoms with Gasteiger partial charge in [-0.2, -0.15) is 0 Å². The molecule has 0 atom stereocenters. The Morgan fingerprint density at radius 2 is 1.60 bits per heavy atom. The third-order valence-electron chi connectivity index (χ3n) is 3.92. The van der Waals surface area contributed by atoms with Crippen LogP contribution < -0.4 is 20.7 Å². The minimum absolute atomic E-state index is 0.0279. The number of nitrogens with one attached hydrogen (secondary N) is 3. The second-order valence-corrected chi connectivity index (χ2v) is 7.38. The van der Waals surface area contributed by atoms with E-state index in [4.69, 9.17) is 21.7 Å². The molecule has 2 aromatic rings. The second kappa shape index (κ2) is 11.9. The number of amides is 2. The molecule has 0 unspecified atom stereocenters. The summed E-state index contributed by atoms with van der Waals surface area (Å²) in [5, 5.41) is 8.60. The summed E-state index contributed by atoms with van der Waals surface area (Å²) in [6, 6.07) is 14.0. The van der Waals surface area contributed by atoms with Gasteiger partial charge in [0.15, 0.2) is 5.11 Å². The van der Waals surface area contributed by atoms with Gasteiger partial charge in [-0.3, -0.25) is 14.9 Å². The number of para-hydroxylation sites is 1. The average molecular weight is 430 g/mol. The van der Waals surface area contributed by atoms with Gasteiger partial charge in [-0.25, -0.2) is 0 Å². The predicted octanol–water partition coefficient (Wildman–Crippen LogP) is 3.82. The molecule has 2 amide bonds. The molecule has 3 N–H and O–H groups in total. The Morgan fingerprint density at radius 1 is 0.967 bits per heavy atom. The van der Waals surface area contributed by atoms with E-state index in [9.17, 15) is 9.59 Å². The third kappa shape index (κ3) is 7.81. The Morgan fingerprint density at radius 3 is 2.23 bits per heavy atom. The van der Waals surface area contributed by atoms with Gasteiger partial charge < -0.3 is 20.1 Å². The summed E-state index contributed by atoms with van der Waals surface area (Å²) < 4.78 is 10.5. The van der Waals surface area contributed by atoms with Gasteiger partial charge in [0.05, 0.1) is 12.2 Å². The highest BCUT2D eigenvalue weighted by Gasteiger charge is 2.14. The van der Waals surface area contributed by atoms with E-state index < -0.39 is 0 Å². The van der Waals surface area contributed by atoms with Crippen LogP contribution in [-0.4, -0.2) is 37.3 Å². The number of benzene rings is 2. The lowest BCUT2D eigenvalue weighted by Gasteiger charge is -2.13. The van der Waals surface area contributed by atoms with E-state index in [-0.39, 0.29) is 16.9 Å². The average Bonchev–Trinajstić information content (AvgIpc) is 2.69. The van der Waals surface area contributed by atoms with E-state index in [0.717, 1.165) is 0 Å². The first kappa shape index (κ1) is 23.3. The van der Waals surface area contributed by atoms with Crippen LogP contribution in [0.1, 0.15) is 30.6 Å². The molecular weight excluding hydrogens is 402 g/mol. The summed E-state index contributed by atoms with van der Waals surface area (Å²) in [6.45, 7) is 4.74. The van der Waals surface area contributed by atoms with E-state index >= 15 is 0 Å². The lowest BCUT2D eigenvalue weighted by atomic mass is 10.1. The van der Waals surface area contributed by atoms with Gasteiger partial charge in [0.1, 0.15) is 12.4 Å². The highest BCUT2D eigenvalue weighted by Crippen LogP contribution is 2.18. The summed E-state index contributed by atoms with van der Waals surface area (Å²) in [4.78, 5) is 24.4. The number of methoxy groups -OCH3 is 1. The second-order valence-electron chi connectivity index (χ2n) is 6.97. The molecule has 0 radical (unpaired) electrons. The van der Waals surface area contributed by atoms with E-state index in [2.05, 4.69) is 16.0 Å². The van der Waals surface area contributed by atoms with Gasteiger partial charge in [-0.05, 0) is 54.5 Å². The highest BCUT2D eigenvalue weighted by atomic mass is 32.1. The molecule has 0 aliphatic carbocycles. The van der Waals surface area contributed by atoms with Crippen molar-refractivity contribution in [1.82, 2.24) is 5.32 Å². The first-order valence-corrected chi connectivity index (χ1v) is 10.0. The molecule has 7 nitrogen and oxygen atoms in total. The lowest BCUT2D eigenvalue weighted by Crippen LogP contribution is -2.34. The fraction of sp³-hybridized carbons (Fsp3) is 0.318. The lowest BCUT2D eigenvalue weighted by molar-refractivity contribution is -0.116. The molecule has 0 aliphatic heterocycles. The smallest absolute Gasteiger partial charge is 0.261 e. The van der Waals surface area contributed by atoms with Crippen LogP contribution in [0.25, 0.3) is 0 Å². The first-order valence-electron chi connectivity index (χ1n) is 9.62. The Kier molecular flexibility index (Phi) is 9.24. The normalized spacial score (nSPS) is 10.4. The maximum Gasteiger partial charge on any atom is 0.261 e. The SMILES string of the molecule is COCCOc1ccccc1C(=O)NC(=S)Nc1ccc(NC(=O)CC(C)C)cc1. The fourth-order valence-electron chi connectivity index (χ4n) is 2.57. The van der Waals surface area contributed by atoms with Crippen molar-refractivity contribution < 1.29 is 19.1 Å². The van der Waals surface area contributed by atoms with E-state index in [1.54, 1.807) is 55.6 Å². The van der Waals surface area contributed by atoms with Crippen LogP contribution in [-0.2, 0) is 9.53 Å². The van der Waals surface area contributed by atoms with E-state index in [0.29, 0.717) is 48.2 Å². The molecule has 0 saturated heterocycles. The van der Waals surface area contributed by atoms with Crippen LogP contribution in [0.5, 0.6) is 5.75 Å². The minimum Gasteiger partial charge on any atom is -0.490 e. The molecule has 0 spiro atoms. The Hall–Kier alpha value is -2.97. The molecule has 2 rings (SSSR count). The van der Waals surface area contributed by atoms with Crippen molar-refractivity contribution in [2.24, 2.45) is 5.92 Å². The number of thiocarbonyl (C=S) groups is 1. The van der Waals surface area contributed by atoms with E-state index in [1.165, 1.54) is 0 Å². The number of anilines is 2. The van der Waals surface area contributed by atoms with Crippen molar-refractivity contribution >= 4 is 40.5 Å². The third-order valence-corrected chi connectivity index (χ3v) is 4.13. The standard InChI is InChI=1S/C22H27N3O4S/c1-15(2)14-20(26)23-16-8-10-17(11-9-16)24-22(30)25-21(27)18-6-4-5-7-19(18)29-13-12-28-3/h4-11,15H,12-14H2,1-3H3,(H,23,26)(H2,24,25,27,30). The number of hydrogen-bond acceptors (Lipinski definition) is 5. The zero-order valence-corrected chi connectivity index (χ0v) is 18.2. The molecular formula is C22H27N3O4S. The highest BCUT2D eigenvalue weighted by molar-refractivity contribution is 7.80. The van der Waals surface area contributed by atoms with Crippen LogP contribution in [0.15, 0.2) is 48.5 Å². The summed E-state index contributed by atoms with van der Waals surface area (Å²) in [6.07, 6.45) is 0.465. The molecule has 0 saturated carbocycles. The zero-order valence-electron chi connectivity index (χ0n) is 17.4. The van der Waals surface area contributed by atoms with Crippen molar-refractivity contribution in [2.75, 3.05) is 31.0 Å². The maximum absolute atomic E-state index is 12.6. The monoisotopic (exact) mass is 429 g/mol. The quantitative estimate of drug-likeness (QED) is 0.415. The van der Waals surface area contributed by atoms with Crippen molar-refractivity contribution in [2.45, 2.75) is 20.3 Å². The summed E-state index contributed by atoms with van der Waals surface area (Å²) in [7, 11) is 1.58. The number of rotatable bonds is 9. The predicted molar refractivity (Wildman–Crippen MR) is 122 cm³/mol. The van der Waals surface area contributed by atoms with Crippen molar-refractivity contribution in [3.05, 3.63) is 54.1 Å². The number of carbonyl (C=O) groups excluding carboxylic acids is 2. The van der Waals surface area contributed by atoms with Crippen LogP contribution in [0.2, 0.25) is 0 Å². The Balaban J connectivity index is 1.91. The van der Waals surface area contributed by atoms with Gasteiger partial charge in [0, 0.05) is 24.9 Å². The molecule has 0 heterocycles. The molecule has 2 aromatic carbocycles. The first-order chi connectivity index (χ1) is 14.4. The molecule has 0 aromatic heterocycles. The molecule has 0 fully saturated rings. The maximum atomic E-state index is 12.6. The number of carbonyl (C=O) groups is 2. The van der Waals surface area contributed by atoms with Gasteiger partial charge in [-0.1, -0.05) is 26.0 Å². The Labute approximate surface area is 182 Å². The molecule has 8 heteroatoms. The fourth-order valence-corrected chi connectivity index (χ4v) is 2.78. The van der Waals surface area contributed by atoms with Crippen LogP contribution in [0.4, 0.5) is 11.4 Å². The van der Waals surface area contributed by atoms with Gasteiger partial charge in [0.25, 0.3) is 5.91 Å². The topological polar surface area (TPSA) is 88.7 Å². The van der Waals surface area contributed by atoms with Crippen molar-refractivity contribution in [3.8, 4) is 5.75 Å². The van der Waals surface area contributed by atoms with Crippen molar-refractivity contribution in [1.29, 1.82) is 0 Å². The van der Waals surface area contributed by atoms with Gasteiger partial charge in [-0.15, -0.1) is 0 Å². The summed E-state index contributed by atoms with van der Waals surface area (Å²) in [5.74, 6) is 0.344. The largest absolute Gasteiger partial charge is 0.490 e. The van der Waals surface area contributed by atoms with Crippen molar-refractivity contribution in [3.63, 3.8) is 0 Å². The van der Waals surface area contributed by atoms with E-state index in [1.807, 2.05) is 13.8 Å². The molecule has 0 bridgehead atoms. The Bertz CT molecular complexity index is 869. The summed E-state index contributed by atoms with van der Waals surface area (Å²) in [5.41, 5.74) is 1.76. The van der Waals surface area contributed by atoms with Gasteiger partial charge in [0.2, 0.25) is 5.91 Å². The van der Waals surface area contributed by atoms with Crippen LogP contribution >= 0.6 is 12.2 Å². The number of hydrogen-bond donors (Lipinski definition) is 3. The number of ether oxygens (including phenoxy) is 2. The molecule has 160 valence electrons. The molecule has 30 heavy (non-hydrogen) atoms.